The van der Waals surface area contributed by atoms with Crippen LogP contribution >= 0.6 is 11.3 Å². The average molecular weight is 616 g/mol. The van der Waals surface area contributed by atoms with Gasteiger partial charge in [0.15, 0.2) is 5.69 Å². The molecular formula is C29H28F3N5O3S2. The summed E-state index contributed by atoms with van der Waals surface area (Å²) in [5, 5.41) is 21.7. The lowest BCUT2D eigenvalue weighted by Crippen LogP contribution is -2.42. The number of rotatable bonds is 9. The highest BCUT2D eigenvalue weighted by Crippen LogP contribution is 2.39. The van der Waals surface area contributed by atoms with Gasteiger partial charge in [-0.3, -0.25) is 0 Å². The van der Waals surface area contributed by atoms with Gasteiger partial charge in [-0.1, -0.05) is 18.2 Å². The number of nitrogens with two attached hydrogens (primary N) is 1. The second-order valence-corrected chi connectivity index (χ2v) is 12.7. The Morgan fingerprint density at radius 2 is 2.02 bits per heavy atom. The number of hydrogen-bond donors (Lipinski definition) is 2. The minimum absolute atomic E-state index is 0.0913. The zero-order valence-corrected chi connectivity index (χ0v) is 24.1. The van der Waals surface area contributed by atoms with Gasteiger partial charge in [-0.15, -0.1) is 11.3 Å². The van der Waals surface area contributed by atoms with Gasteiger partial charge in [-0.25, -0.2) is 37.0 Å². The molecule has 0 radical (unpaired) electrons. The molecule has 0 bridgehead atoms. The van der Waals surface area contributed by atoms with Crippen molar-refractivity contribution in [2.24, 2.45) is 11.1 Å². The van der Waals surface area contributed by atoms with Crippen LogP contribution in [0.4, 0.5) is 18.9 Å². The quantitative estimate of drug-likeness (QED) is 0.254. The van der Waals surface area contributed by atoms with E-state index in [1.807, 2.05) is 12.1 Å². The summed E-state index contributed by atoms with van der Waals surface area (Å²) in [6.07, 6.45) is 3.27. The van der Waals surface area contributed by atoms with Crippen molar-refractivity contribution in [3.8, 4) is 16.4 Å². The van der Waals surface area contributed by atoms with Crippen molar-refractivity contribution in [2.75, 3.05) is 18.0 Å². The summed E-state index contributed by atoms with van der Waals surface area (Å²) in [4.78, 5) is 17.5. The van der Waals surface area contributed by atoms with E-state index >= 15 is 0 Å². The Kier molecular flexibility index (Phi) is 7.66. The van der Waals surface area contributed by atoms with Crippen molar-refractivity contribution < 1.29 is 27.3 Å². The van der Waals surface area contributed by atoms with Gasteiger partial charge in [0, 0.05) is 41.6 Å². The Hall–Kier alpha value is -3.55. The predicted molar refractivity (Wildman–Crippen MR) is 154 cm³/mol. The standard InChI is InChI=1S/C29H28F3N5O3S2/c30-22-12-18(7-8-25(22)42(33)40)11-21-24(13-17-5-6-17)37(28-34-23(15-41-28)27(38)39)35-26(21)19-3-1-4-20(14-19)36-10-2-9-29(31,32)16-36/h1,3-4,7-8,12,14-15,17H,2,5-6,9-11,13,16,33H2,(H,38,39). The SMILES string of the molecule is NS(=O)c1ccc(Cc2c(-c3cccc(N4CCCC(F)(F)C4)c3)nn(-c3nc(C(=O)O)cs3)c2CC2CC2)cc1F. The first-order valence-corrected chi connectivity index (χ1v) is 15.6. The van der Waals surface area contributed by atoms with Crippen LogP contribution in [0.2, 0.25) is 0 Å². The third-order valence-electron chi connectivity index (χ3n) is 7.63. The highest BCUT2D eigenvalue weighted by Gasteiger charge is 2.35. The van der Waals surface area contributed by atoms with Gasteiger partial charge in [0.2, 0.25) is 5.13 Å². The highest BCUT2D eigenvalue weighted by atomic mass is 32.2. The van der Waals surface area contributed by atoms with Gasteiger partial charge in [0.1, 0.15) is 16.8 Å². The fourth-order valence-corrected chi connectivity index (χ4v) is 6.61. The first-order valence-electron chi connectivity index (χ1n) is 13.6. The number of aromatic nitrogens is 3. The number of halogens is 3. The van der Waals surface area contributed by atoms with Crippen LogP contribution in [0.15, 0.2) is 52.7 Å². The molecule has 1 aliphatic carbocycles. The number of anilines is 1. The van der Waals surface area contributed by atoms with Crippen LogP contribution in [0.25, 0.3) is 16.4 Å². The molecule has 1 unspecified atom stereocenters. The number of benzene rings is 2. The number of alkyl halides is 2. The van der Waals surface area contributed by atoms with Crippen LogP contribution < -0.4 is 10.0 Å². The minimum Gasteiger partial charge on any atom is -0.476 e. The van der Waals surface area contributed by atoms with Crippen molar-refractivity contribution in [1.82, 2.24) is 14.8 Å². The van der Waals surface area contributed by atoms with Crippen molar-refractivity contribution in [3.05, 3.63) is 76.2 Å². The molecule has 1 aliphatic heterocycles. The third kappa shape index (κ3) is 5.99. The lowest BCUT2D eigenvalue weighted by molar-refractivity contribution is -0.0116. The molecule has 1 saturated carbocycles. The molecule has 6 rings (SSSR count). The number of carboxylic acids is 1. The van der Waals surface area contributed by atoms with E-state index in [0.29, 0.717) is 52.9 Å². The van der Waals surface area contributed by atoms with Gasteiger partial charge in [0.25, 0.3) is 5.92 Å². The van der Waals surface area contributed by atoms with E-state index in [2.05, 4.69) is 4.98 Å². The number of carbonyl (C=O) groups is 1. The maximum atomic E-state index is 14.8. The molecule has 220 valence electrons. The van der Waals surface area contributed by atoms with Crippen LogP contribution in [0.3, 0.4) is 0 Å². The summed E-state index contributed by atoms with van der Waals surface area (Å²) in [5.41, 5.74) is 4.08. The largest absolute Gasteiger partial charge is 0.476 e. The molecule has 0 amide bonds. The molecule has 42 heavy (non-hydrogen) atoms. The fraction of sp³-hybridized carbons (Fsp3) is 0.345. The Morgan fingerprint density at radius 1 is 1.21 bits per heavy atom. The number of thiazole rings is 1. The Bertz CT molecular complexity index is 1680. The molecule has 8 nitrogen and oxygen atoms in total. The van der Waals surface area contributed by atoms with E-state index in [9.17, 15) is 27.3 Å². The normalized spacial score (nSPS) is 17.4. The highest BCUT2D eigenvalue weighted by molar-refractivity contribution is 7.82. The van der Waals surface area contributed by atoms with Gasteiger partial charge >= 0.3 is 5.97 Å². The van der Waals surface area contributed by atoms with Crippen LogP contribution in [-0.2, 0) is 23.8 Å². The fourth-order valence-electron chi connectivity index (χ4n) is 5.38. The summed E-state index contributed by atoms with van der Waals surface area (Å²) in [5.74, 6) is -4.17. The monoisotopic (exact) mass is 615 g/mol. The second kappa shape index (κ2) is 11.3. The summed E-state index contributed by atoms with van der Waals surface area (Å²) in [7, 11) is -1.97. The van der Waals surface area contributed by atoms with E-state index in [-0.39, 0.29) is 30.0 Å². The summed E-state index contributed by atoms with van der Waals surface area (Å²) < 4.78 is 56.7. The van der Waals surface area contributed by atoms with Crippen molar-refractivity contribution in [2.45, 2.75) is 49.3 Å². The number of piperidine rings is 1. The van der Waals surface area contributed by atoms with Crippen molar-refractivity contribution in [1.29, 1.82) is 0 Å². The van der Waals surface area contributed by atoms with Gasteiger partial charge < -0.3 is 10.0 Å². The zero-order chi connectivity index (χ0) is 29.6. The first-order chi connectivity index (χ1) is 20.1. The molecule has 3 N–H and O–H groups in total. The molecule has 0 spiro atoms. The number of carboxylic acid groups (broad SMARTS) is 1. The average Bonchev–Trinajstić information content (AvgIpc) is 3.50. The second-order valence-electron chi connectivity index (χ2n) is 10.8. The molecule has 1 saturated heterocycles. The minimum atomic E-state index is -2.77. The lowest BCUT2D eigenvalue weighted by atomic mass is 9.96. The zero-order valence-electron chi connectivity index (χ0n) is 22.4. The van der Waals surface area contributed by atoms with E-state index in [1.165, 1.54) is 17.5 Å². The Balaban J connectivity index is 1.48. The molecule has 3 heterocycles. The number of aromatic carboxylic acids is 1. The predicted octanol–water partition coefficient (Wildman–Crippen LogP) is 5.59. The maximum absolute atomic E-state index is 14.8. The molecule has 1 atom stereocenters. The van der Waals surface area contributed by atoms with Crippen LogP contribution in [0, 0.1) is 11.7 Å². The third-order valence-corrected chi connectivity index (χ3v) is 9.21. The lowest BCUT2D eigenvalue weighted by Gasteiger charge is -2.34. The number of nitrogens with zero attached hydrogens (tertiary/aromatic N) is 4. The summed E-state index contributed by atoms with van der Waals surface area (Å²) in [6, 6.07) is 11.7. The topological polar surface area (TPSA) is 114 Å². The molecular weight excluding hydrogens is 587 g/mol. The molecule has 4 aromatic rings. The van der Waals surface area contributed by atoms with E-state index in [4.69, 9.17) is 10.2 Å². The molecule has 2 aliphatic rings. The van der Waals surface area contributed by atoms with Crippen molar-refractivity contribution >= 4 is 34.0 Å². The van der Waals surface area contributed by atoms with Crippen LogP contribution in [0.1, 0.15) is 53.0 Å². The molecule has 13 heteroatoms. The van der Waals surface area contributed by atoms with Crippen molar-refractivity contribution in [3.63, 3.8) is 0 Å². The van der Waals surface area contributed by atoms with E-state index in [0.717, 1.165) is 35.4 Å². The van der Waals surface area contributed by atoms with Gasteiger partial charge in [0.05, 0.1) is 22.8 Å². The summed E-state index contributed by atoms with van der Waals surface area (Å²) in [6.45, 7) is 0.147. The van der Waals surface area contributed by atoms with Gasteiger partial charge in [-0.2, -0.15) is 5.10 Å². The molecule has 2 aromatic heterocycles. The Morgan fingerprint density at radius 3 is 2.69 bits per heavy atom. The summed E-state index contributed by atoms with van der Waals surface area (Å²) >= 11 is 1.16. The van der Waals surface area contributed by atoms with E-state index < -0.39 is 28.7 Å². The molecule has 2 fully saturated rings. The number of hydrogen-bond acceptors (Lipinski definition) is 6. The molecule has 2 aromatic carbocycles. The van der Waals surface area contributed by atoms with Gasteiger partial charge in [-0.05, 0) is 61.4 Å². The smallest absolute Gasteiger partial charge is 0.355 e. The Labute approximate surface area is 246 Å². The maximum Gasteiger partial charge on any atom is 0.355 e. The first kappa shape index (κ1) is 28.6. The van der Waals surface area contributed by atoms with E-state index in [1.54, 1.807) is 27.8 Å². The van der Waals surface area contributed by atoms with Crippen LogP contribution in [0.5, 0.6) is 0 Å². The van der Waals surface area contributed by atoms with Crippen LogP contribution in [-0.4, -0.2) is 49.1 Å².